The van der Waals surface area contributed by atoms with Crippen LogP contribution in [0.5, 0.6) is 5.75 Å². The molecule has 3 heteroatoms. The summed E-state index contributed by atoms with van der Waals surface area (Å²) in [5, 5.41) is 5.78. The van der Waals surface area contributed by atoms with Gasteiger partial charge in [-0.05, 0) is 34.5 Å². The van der Waals surface area contributed by atoms with E-state index in [1.165, 1.54) is 16.3 Å². The van der Waals surface area contributed by atoms with Crippen molar-refractivity contribution < 1.29 is 9.47 Å². The summed E-state index contributed by atoms with van der Waals surface area (Å²) in [6.07, 6.45) is 0.172. The topological polar surface area (TPSA) is 30.5 Å². The van der Waals surface area contributed by atoms with Crippen molar-refractivity contribution in [2.75, 3.05) is 26.8 Å². The van der Waals surface area contributed by atoms with Crippen molar-refractivity contribution in [3.8, 4) is 5.75 Å². The highest BCUT2D eigenvalue weighted by Gasteiger charge is 2.15. The molecule has 1 saturated heterocycles. The zero-order valence-electron chi connectivity index (χ0n) is 10.5. The van der Waals surface area contributed by atoms with E-state index in [0.29, 0.717) is 0 Å². The number of fused-ring (bicyclic) bond motifs is 1. The van der Waals surface area contributed by atoms with Crippen molar-refractivity contribution in [3.63, 3.8) is 0 Å². The minimum Gasteiger partial charge on any atom is -0.497 e. The second kappa shape index (κ2) is 4.96. The van der Waals surface area contributed by atoms with E-state index in [9.17, 15) is 0 Å². The Labute approximate surface area is 107 Å². The Morgan fingerprint density at radius 3 is 2.78 bits per heavy atom. The summed E-state index contributed by atoms with van der Waals surface area (Å²) in [7, 11) is 1.69. The summed E-state index contributed by atoms with van der Waals surface area (Å²) in [4.78, 5) is 0. The van der Waals surface area contributed by atoms with E-state index in [1.54, 1.807) is 7.11 Å². The zero-order chi connectivity index (χ0) is 12.4. The van der Waals surface area contributed by atoms with Gasteiger partial charge < -0.3 is 14.8 Å². The van der Waals surface area contributed by atoms with Gasteiger partial charge in [-0.2, -0.15) is 0 Å². The van der Waals surface area contributed by atoms with Crippen LogP contribution in [0.2, 0.25) is 0 Å². The highest BCUT2D eigenvalue weighted by Crippen LogP contribution is 2.26. The number of methoxy groups -OCH3 is 1. The van der Waals surface area contributed by atoms with Crippen LogP contribution in [-0.4, -0.2) is 26.8 Å². The van der Waals surface area contributed by atoms with Crippen molar-refractivity contribution in [2.45, 2.75) is 6.10 Å². The van der Waals surface area contributed by atoms with Crippen LogP contribution in [0.3, 0.4) is 0 Å². The summed E-state index contributed by atoms with van der Waals surface area (Å²) < 4.78 is 11.0. The van der Waals surface area contributed by atoms with Gasteiger partial charge in [-0.15, -0.1) is 0 Å². The van der Waals surface area contributed by atoms with Crippen LogP contribution in [0.1, 0.15) is 11.7 Å². The van der Waals surface area contributed by atoms with Gasteiger partial charge in [-0.25, -0.2) is 0 Å². The predicted molar refractivity (Wildman–Crippen MR) is 72.1 cm³/mol. The maximum Gasteiger partial charge on any atom is 0.119 e. The fraction of sp³-hybridized carbons (Fsp3) is 0.333. The third-order valence-electron chi connectivity index (χ3n) is 3.37. The number of nitrogens with one attached hydrogen (secondary N) is 1. The molecule has 2 aromatic carbocycles. The van der Waals surface area contributed by atoms with Crippen LogP contribution >= 0.6 is 0 Å². The summed E-state index contributed by atoms with van der Waals surface area (Å²) in [5.41, 5.74) is 1.24. The van der Waals surface area contributed by atoms with E-state index in [1.807, 2.05) is 6.07 Å². The van der Waals surface area contributed by atoms with E-state index in [-0.39, 0.29) is 6.10 Å². The van der Waals surface area contributed by atoms with Gasteiger partial charge in [0.2, 0.25) is 0 Å². The van der Waals surface area contributed by atoms with E-state index in [4.69, 9.17) is 9.47 Å². The second-order valence-corrected chi connectivity index (χ2v) is 4.54. The summed E-state index contributed by atoms with van der Waals surface area (Å²) in [6.45, 7) is 2.62. The molecule has 0 bridgehead atoms. The number of benzene rings is 2. The first-order valence-corrected chi connectivity index (χ1v) is 6.27. The normalized spacial score (nSPS) is 19.9. The van der Waals surface area contributed by atoms with Crippen LogP contribution in [0.4, 0.5) is 0 Å². The Hall–Kier alpha value is -1.58. The van der Waals surface area contributed by atoms with Crippen LogP contribution in [-0.2, 0) is 4.74 Å². The first-order valence-electron chi connectivity index (χ1n) is 6.27. The molecule has 1 fully saturated rings. The average Bonchev–Trinajstić information content (AvgIpc) is 2.47. The van der Waals surface area contributed by atoms with Gasteiger partial charge in [0, 0.05) is 13.1 Å². The van der Waals surface area contributed by atoms with Crippen molar-refractivity contribution in [1.29, 1.82) is 0 Å². The number of hydrogen-bond donors (Lipinski definition) is 1. The Bertz CT molecular complexity index is 547. The fourth-order valence-electron chi connectivity index (χ4n) is 2.35. The number of rotatable bonds is 2. The van der Waals surface area contributed by atoms with Crippen molar-refractivity contribution >= 4 is 10.8 Å². The highest BCUT2D eigenvalue weighted by molar-refractivity contribution is 5.84. The third kappa shape index (κ3) is 2.19. The minimum atomic E-state index is 0.172. The lowest BCUT2D eigenvalue weighted by Crippen LogP contribution is -2.33. The molecule has 0 aromatic heterocycles. The second-order valence-electron chi connectivity index (χ2n) is 4.54. The molecule has 0 radical (unpaired) electrons. The summed E-state index contributed by atoms with van der Waals surface area (Å²) >= 11 is 0. The summed E-state index contributed by atoms with van der Waals surface area (Å²) in [5.74, 6) is 0.894. The van der Waals surface area contributed by atoms with Crippen LogP contribution in [0.25, 0.3) is 10.8 Å². The van der Waals surface area contributed by atoms with E-state index in [2.05, 4.69) is 35.6 Å². The molecule has 2 aromatic rings. The Morgan fingerprint density at radius 2 is 2.00 bits per heavy atom. The van der Waals surface area contributed by atoms with Crippen molar-refractivity contribution in [1.82, 2.24) is 5.32 Å². The molecule has 0 saturated carbocycles. The molecule has 0 aliphatic carbocycles. The van der Waals surface area contributed by atoms with Crippen molar-refractivity contribution in [2.24, 2.45) is 0 Å². The molecule has 3 rings (SSSR count). The van der Waals surface area contributed by atoms with Gasteiger partial charge in [0.15, 0.2) is 0 Å². The van der Waals surface area contributed by atoms with Gasteiger partial charge in [0.1, 0.15) is 5.75 Å². The smallest absolute Gasteiger partial charge is 0.119 e. The molecule has 0 amide bonds. The van der Waals surface area contributed by atoms with Gasteiger partial charge in [0.25, 0.3) is 0 Å². The van der Waals surface area contributed by atoms with E-state index >= 15 is 0 Å². The number of ether oxygens (including phenoxy) is 2. The monoisotopic (exact) mass is 243 g/mol. The van der Waals surface area contributed by atoms with Gasteiger partial charge >= 0.3 is 0 Å². The Morgan fingerprint density at radius 1 is 1.17 bits per heavy atom. The number of morpholine rings is 1. The lowest BCUT2D eigenvalue weighted by molar-refractivity contribution is 0.0278. The fourth-order valence-corrected chi connectivity index (χ4v) is 2.35. The van der Waals surface area contributed by atoms with E-state index in [0.717, 1.165) is 25.4 Å². The molecule has 1 N–H and O–H groups in total. The van der Waals surface area contributed by atoms with E-state index < -0.39 is 0 Å². The van der Waals surface area contributed by atoms with Gasteiger partial charge in [-0.3, -0.25) is 0 Å². The molecular formula is C15H17NO2. The van der Waals surface area contributed by atoms with Gasteiger partial charge in [0.05, 0.1) is 19.8 Å². The molecule has 0 spiro atoms. The minimum absolute atomic E-state index is 0.172. The first-order chi connectivity index (χ1) is 8.86. The SMILES string of the molecule is COc1ccc2cc(C3CNCCO3)ccc2c1. The zero-order valence-corrected chi connectivity index (χ0v) is 10.5. The van der Waals surface area contributed by atoms with Crippen LogP contribution < -0.4 is 10.1 Å². The maximum absolute atomic E-state index is 5.77. The molecule has 1 unspecified atom stereocenters. The third-order valence-corrected chi connectivity index (χ3v) is 3.37. The van der Waals surface area contributed by atoms with Gasteiger partial charge in [-0.1, -0.05) is 18.2 Å². The number of hydrogen-bond acceptors (Lipinski definition) is 3. The molecule has 1 atom stereocenters. The predicted octanol–water partition coefficient (Wildman–Crippen LogP) is 2.51. The first kappa shape index (κ1) is 11.5. The highest BCUT2D eigenvalue weighted by atomic mass is 16.5. The standard InChI is InChI=1S/C15H17NO2/c1-17-14-5-4-11-8-13(3-2-12(11)9-14)15-10-16-6-7-18-15/h2-5,8-9,15-16H,6-7,10H2,1H3. The molecule has 94 valence electrons. The molecule has 1 heterocycles. The Balaban J connectivity index is 1.95. The largest absolute Gasteiger partial charge is 0.497 e. The molecular weight excluding hydrogens is 226 g/mol. The lowest BCUT2D eigenvalue weighted by Gasteiger charge is -2.24. The average molecular weight is 243 g/mol. The molecule has 1 aliphatic heterocycles. The van der Waals surface area contributed by atoms with Crippen LogP contribution in [0.15, 0.2) is 36.4 Å². The summed E-state index contributed by atoms with van der Waals surface area (Å²) in [6, 6.07) is 12.6. The van der Waals surface area contributed by atoms with Crippen molar-refractivity contribution in [3.05, 3.63) is 42.0 Å². The Kier molecular flexibility index (Phi) is 3.17. The quantitative estimate of drug-likeness (QED) is 0.879. The molecule has 1 aliphatic rings. The molecule has 18 heavy (non-hydrogen) atoms. The van der Waals surface area contributed by atoms with Crippen LogP contribution in [0, 0.1) is 0 Å². The maximum atomic E-state index is 5.77. The molecule has 3 nitrogen and oxygen atoms in total. The lowest BCUT2D eigenvalue weighted by atomic mass is 10.0.